The molecule has 0 aliphatic heterocycles. The zero-order chi connectivity index (χ0) is 4.28. The maximum Gasteiger partial charge on any atom is 0.0753 e. The van der Waals surface area contributed by atoms with Crippen molar-refractivity contribution < 1.29 is 4.48 Å². The van der Waals surface area contributed by atoms with Crippen molar-refractivity contribution in [2.75, 3.05) is 13.7 Å². The van der Waals surface area contributed by atoms with Crippen LogP contribution in [0, 0.1) is 0 Å². The number of halogens is 1. The van der Waals surface area contributed by atoms with Crippen LogP contribution in [0.1, 0.15) is 0 Å². The first-order valence-corrected chi connectivity index (χ1v) is 1.34. The van der Waals surface area contributed by atoms with Gasteiger partial charge in [-0.25, -0.2) is 0 Å². The van der Waals surface area contributed by atoms with E-state index < -0.39 is 0 Å². The normalized spacial score (nSPS) is 9.60. The second kappa shape index (κ2) is 2.11. The smallest absolute Gasteiger partial charge is 0.0753 e. The lowest BCUT2D eigenvalue weighted by Gasteiger charge is -1.93. The van der Waals surface area contributed by atoms with Gasteiger partial charge >= 0.3 is 0 Å². The molecule has 0 unspecified atom stereocenters. The first kappa shape index (κ1) is 4.85. The highest BCUT2D eigenvalue weighted by Crippen LogP contribution is 1.68. The molecule has 2 nitrogen and oxygen atoms in total. The van der Waals surface area contributed by atoms with Crippen LogP contribution in [0.25, 0.3) is 0 Å². The molecule has 0 aromatic carbocycles. The van der Waals surface area contributed by atoms with Gasteiger partial charge in [0.15, 0.2) is 0 Å². The highest BCUT2D eigenvalue weighted by molar-refractivity contribution is 4.12. The minimum atomic E-state index is -0.0278. The van der Waals surface area contributed by atoms with Crippen LogP contribution in [0.15, 0.2) is 0 Å². The van der Waals surface area contributed by atoms with E-state index in [9.17, 15) is 4.48 Å². The SMILES string of the molecule is CN(F)CN. The van der Waals surface area contributed by atoms with E-state index in [0.29, 0.717) is 5.12 Å². The van der Waals surface area contributed by atoms with Gasteiger partial charge in [0, 0.05) is 7.05 Å². The van der Waals surface area contributed by atoms with Crippen LogP contribution in [-0.2, 0) is 0 Å². The average Bonchev–Trinajstić information content (AvgIpc) is 1.38. The van der Waals surface area contributed by atoms with Gasteiger partial charge in [-0.2, -0.15) is 0 Å². The third kappa shape index (κ3) is 3.85. The van der Waals surface area contributed by atoms with Crippen molar-refractivity contribution in [3.8, 4) is 0 Å². The first-order valence-electron chi connectivity index (χ1n) is 1.34. The van der Waals surface area contributed by atoms with Crippen molar-refractivity contribution >= 4 is 0 Å². The van der Waals surface area contributed by atoms with Crippen molar-refractivity contribution in [1.29, 1.82) is 0 Å². The molecular weight excluding hydrogens is 71.0 g/mol. The van der Waals surface area contributed by atoms with Gasteiger partial charge in [-0.3, -0.25) is 0 Å². The number of nitrogens with two attached hydrogens (primary N) is 1. The summed E-state index contributed by atoms with van der Waals surface area (Å²) in [6.07, 6.45) is 0. The molecule has 0 bridgehead atoms. The number of hydrogen-bond acceptors (Lipinski definition) is 2. The molecule has 0 aromatic heterocycles. The Balaban J connectivity index is 2.54. The van der Waals surface area contributed by atoms with Gasteiger partial charge in [0.25, 0.3) is 0 Å². The van der Waals surface area contributed by atoms with Gasteiger partial charge in [0.2, 0.25) is 0 Å². The maximum absolute atomic E-state index is 11.1. The van der Waals surface area contributed by atoms with E-state index in [1.54, 1.807) is 0 Å². The predicted octanol–water partition coefficient (Wildman–Crippen LogP) is -0.281. The highest BCUT2D eigenvalue weighted by atomic mass is 19.2. The Labute approximate surface area is 30.3 Å². The monoisotopic (exact) mass is 78.1 g/mol. The van der Waals surface area contributed by atoms with Crippen LogP contribution < -0.4 is 5.73 Å². The third-order valence-electron chi connectivity index (χ3n) is 0.252. The lowest BCUT2D eigenvalue weighted by molar-refractivity contribution is 0.0637. The quantitative estimate of drug-likeness (QED) is 0.345. The van der Waals surface area contributed by atoms with Crippen molar-refractivity contribution in [3.05, 3.63) is 0 Å². The van der Waals surface area contributed by atoms with E-state index in [1.165, 1.54) is 7.05 Å². The number of rotatable bonds is 1. The van der Waals surface area contributed by atoms with Crippen molar-refractivity contribution in [2.45, 2.75) is 0 Å². The molecule has 0 atom stereocenters. The van der Waals surface area contributed by atoms with E-state index in [4.69, 9.17) is 5.73 Å². The van der Waals surface area contributed by atoms with E-state index in [-0.39, 0.29) is 6.67 Å². The van der Waals surface area contributed by atoms with Crippen molar-refractivity contribution in [3.63, 3.8) is 0 Å². The Bertz CT molecular complexity index is 21.6. The summed E-state index contributed by atoms with van der Waals surface area (Å²) < 4.78 is 11.1. The lowest BCUT2D eigenvalue weighted by atomic mass is 11.1. The fraction of sp³-hybridized carbons (Fsp3) is 1.00. The molecule has 0 spiro atoms. The van der Waals surface area contributed by atoms with E-state index in [0.717, 1.165) is 0 Å². The van der Waals surface area contributed by atoms with Gasteiger partial charge in [-0.05, 0) is 0 Å². The zero-order valence-corrected chi connectivity index (χ0v) is 3.11. The van der Waals surface area contributed by atoms with Gasteiger partial charge in [0.1, 0.15) is 0 Å². The molecule has 0 saturated carbocycles. The van der Waals surface area contributed by atoms with E-state index in [2.05, 4.69) is 0 Å². The van der Waals surface area contributed by atoms with Gasteiger partial charge in [-0.1, -0.05) is 0 Å². The van der Waals surface area contributed by atoms with Crippen LogP contribution in [-0.4, -0.2) is 18.8 Å². The molecule has 0 radical (unpaired) electrons. The van der Waals surface area contributed by atoms with E-state index in [1.807, 2.05) is 0 Å². The number of hydrogen-bond donors (Lipinski definition) is 1. The maximum atomic E-state index is 11.1. The molecule has 32 valence electrons. The summed E-state index contributed by atoms with van der Waals surface area (Å²) in [7, 11) is 1.26. The van der Waals surface area contributed by atoms with Gasteiger partial charge in [0.05, 0.1) is 6.67 Å². The summed E-state index contributed by atoms with van der Waals surface area (Å²) in [6.45, 7) is -0.0278. The summed E-state index contributed by atoms with van der Waals surface area (Å²) in [5, 5.41) is 0.403. The Morgan fingerprint density at radius 2 is 2.20 bits per heavy atom. The largest absolute Gasteiger partial charge is 0.316 e. The molecule has 0 aliphatic carbocycles. The molecule has 0 aliphatic rings. The molecule has 0 aromatic rings. The fourth-order valence-corrected chi connectivity index (χ4v) is 0. The number of nitrogens with zero attached hydrogens (tertiary/aromatic N) is 1. The molecular formula is C2H7FN2. The summed E-state index contributed by atoms with van der Waals surface area (Å²) in [4.78, 5) is 0. The molecule has 0 heterocycles. The van der Waals surface area contributed by atoms with Crippen LogP contribution in [0.3, 0.4) is 0 Å². The average molecular weight is 78.1 g/mol. The second-order valence-electron chi connectivity index (χ2n) is 0.787. The Kier molecular flexibility index (Phi) is 2.05. The van der Waals surface area contributed by atoms with Crippen LogP contribution >= 0.6 is 0 Å². The van der Waals surface area contributed by atoms with Gasteiger partial charge < -0.3 is 5.73 Å². The summed E-state index contributed by atoms with van der Waals surface area (Å²) in [5.41, 5.74) is 4.72. The predicted molar refractivity (Wildman–Crippen MR) is 17.9 cm³/mol. The molecule has 5 heavy (non-hydrogen) atoms. The van der Waals surface area contributed by atoms with Gasteiger partial charge in [-0.15, -0.1) is 9.60 Å². The van der Waals surface area contributed by atoms with E-state index >= 15 is 0 Å². The Morgan fingerprint density at radius 1 is 2.00 bits per heavy atom. The molecule has 0 saturated heterocycles. The van der Waals surface area contributed by atoms with Crippen LogP contribution in [0.4, 0.5) is 4.48 Å². The highest BCUT2D eigenvalue weighted by Gasteiger charge is 1.78. The van der Waals surface area contributed by atoms with Crippen molar-refractivity contribution in [1.82, 2.24) is 5.12 Å². The molecule has 2 N–H and O–H groups in total. The summed E-state index contributed by atoms with van der Waals surface area (Å²) in [6, 6.07) is 0. The molecule has 0 rings (SSSR count). The Hall–Kier alpha value is -0.150. The summed E-state index contributed by atoms with van der Waals surface area (Å²) >= 11 is 0. The molecule has 3 heteroatoms. The fourth-order valence-electron chi connectivity index (χ4n) is 0. The lowest BCUT2D eigenvalue weighted by Crippen LogP contribution is -2.15. The molecule has 0 amide bonds. The third-order valence-corrected chi connectivity index (χ3v) is 0.252. The van der Waals surface area contributed by atoms with Crippen LogP contribution in [0.2, 0.25) is 0 Å². The second-order valence-corrected chi connectivity index (χ2v) is 0.787. The first-order chi connectivity index (χ1) is 2.27. The minimum absolute atomic E-state index is 0.0278. The standard InChI is InChI=1S/C2H7FN2/c1-5(3)2-4/h2,4H2,1H3. The summed E-state index contributed by atoms with van der Waals surface area (Å²) in [5.74, 6) is 0. The molecule has 0 fully saturated rings. The topological polar surface area (TPSA) is 29.3 Å². The van der Waals surface area contributed by atoms with Crippen molar-refractivity contribution in [2.24, 2.45) is 5.73 Å². The zero-order valence-electron chi connectivity index (χ0n) is 3.11. The Morgan fingerprint density at radius 3 is 2.20 bits per heavy atom. The minimum Gasteiger partial charge on any atom is -0.316 e. The van der Waals surface area contributed by atoms with Crippen LogP contribution in [0.5, 0.6) is 0 Å².